The van der Waals surface area contributed by atoms with Crippen LogP contribution in [0.15, 0.2) is 24.3 Å². The van der Waals surface area contributed by atoms with Crippen LogP contribution in [0.1, 0.15) is 61.9 Å². The first-order valence-electron chi connectivity index (χ1n) is 9.05. The van der Waals surface area contributed by atoms with Gasteiger partial charge in [-0.2, -0.15) is 0 Å². The van der Waals surface area contributed by atoms with Gasteiger partial charge in [-0.25, -0.2) is 0 Å². The number of likely N-dealkylation sites (N-methyl/N-ethyl adjacent to an activating group) is 1. The molecule has 0 bridgehead atoms. The third kappa shape index (κ3) is 4.37. The van der Waals surface area contributed by atoms with Crippen LogP contribution in [0.5, 0.6) is 0 Å². The van der Waals surface area contributed by atoms with Gasteiger partial charge in [-0.1, -0.05) is 51.3 Å². The summed E-state index contributed by atoms with van der Waals surface area (Å²) >= 11 is 0. The van der Waals surface area contributed by atoms with Crippen LogP contribution in [0, 0.1) is 12.8 Å². The number of nitrogens with zero attached hydrogens (tertiary/aromatic N) is 1. The molecular formula is C20H30N2O2. The number of aryl methyl sites for hydroxylation is 1. The number of rotatable bonds is 5. The van der Waals surface area contributed by atoms with E-state index in [1.807, 2.05) is 50.9 Å². The van der Waals surface area contributed by atoms with Gasteiger partial charge in [0.05, 0.1) is 0 Å². The second-order valence-corrected chi connectivity index (χ2v) is 7.25. The quantitative estimate of drug-likeness (QED) is 0.898. The molecule has 1 atom stereocenters. The molecule has 1 fully saturated rings. The standard InChI is InChI=1S/C20H30N2O2/c1-14(2)18(20(24)22(4)16-11-6-5-7-12-16)21-19(23)17-13-9-8-10-15(17)3/h8-10,13-14,16,18H,5-7,11-12H2,1-4H3,(H,21,23). The van der Waals surface area contributed by atoms with Gasteiger partial charge in [0, 0.05) is 18.7 Å². The molecular weight excluding hydrogens is 300 g/mol. The molecule has 1 saturated carbocycles. The van der Waals surface area contributed by atoms with Crippen molar-refractivity contribution in [2.45, 2.75) is 65.0 Å². The molecule has 132 valence electrons. The van der Waals surface area contributed by atoms with Crippen molar-refractivity contribution in [1.82, 2.24) is 10.2 Å². The maximum absolute atomic E-state index is 12.9. The minimum Gasteiger partial charge on any atom is -0.341 e. The fourth-order valence-electron chi connectivity index (χ4n) is 3.43. The van der Waals surface area contributed by atoms with E-state index in [2.05, 4.69) is 5.32 Å². The summed E-state index contributed by atoms with van der Waals surface area (Å²) < 4.78 is 0. The van der Waals surface area contributed by atoms with Gasteiger partial charge in [-0.05, 0) is 37.3 Å². The highest BCUT2D eigenvalue weighted by atomic mass is 16.2. The summed E-state index contributed by atoms with van der Waals surface area (Å²) in [4.78, 5) is 27.4. The zero-order chi connectivity index (χ0) is 17.7. The van der Waals surface area contributed by atoms with Crippen LogP contribution in [0.4, 0.5) is 0 Å². The number of hydrogen-bond acceptors (Lipinski definition) is 2. The van der Waals surface area contributed by atoms with Gasteiger partial charge in [0.15, 0.2) is 0 Å². The molecule has 1 aromatic rings. The third-order valence-corrected chi connectivity index (χ3v) is 5.08. The number of carbonyl (C=O) groups is 2. The summed E-state index contributed by atoms with van der Waals surface area (Å²) in [5.41, 5.74) is 1.56. The summed E-state index contributed by atoms with van der Waals surface area (Å²) in [6, 6.07) is 7.30. The molecule has 1 unspecified atom stereocenters. The number of carbonyl (C=O) groups excluding carboxylic acids is 2. The molecule has 1 aliphatic carbocycles. The average molecular weight is 330 g/mol. The van der Waals surface area contributed by atoms with Crippen molar-refractivity contribution in [2.75, 3.05) is 7.05 Å². The van der Waals surface area contributed by atoms with Crippen LogP contribution < -0.4 is 5.32 Å². The summed E-state index contributed by atoms with van der Waals surface area (Å²) in [6.07, 6.45) is 5.77. The van der Waals surface area contributed by atoms with Gasteiger partial charge >= 0.3 is 0 Å². The maximum atomic E-state index is 12.9. The summed E-state index contributed by atoms with van der Waals surface area (Å²) in [5.74, 6) is -0.0902. The molecule has 0 heterocycles. The largest absolute Gasteiger partial charge is 0.341 e. The highest BCUT2D eigenvalue weighted by molar-refractivity contribution is 5.98. The highest BCUT2D eigenvalue weighted by Gasteiger charge is 2.31. The van der Waals surface area contributed by atoms with Crippen molar-refractivity contribution in [1.29, 1.82) is 0 Å². The van der Waals surface area contributed by atoms with Crippen molar-refractivity contribution in [3.8, 4) is 0 Å². The van der Waals surface area contributed by atoms with Gasteiger partial charge in [-0.3, -0.25) is 9.59 Å². The molecule has 1 aliphatic rings. The van der Waals surface area contributed by atoms with Crippen molar-refractivity contribution in [2.24, 2.45) is 5.92 Å². The Kier molecular flexibility index (Phi) is 6.41. The first-order chi connectivity index (χ1) is 11.4. The molecule has 1 N–H and O–H groups in total. The SMILES string of the molecule is Cc1ccccc1C(=O)NC(C(=O)N(C)C1CCCCC1)C(C)C. The lowest BCUT2D eigenvalue weighted by molar-refractivity contribution is -0.135. The minimum absolute atomic E-state index is 0.0267. The fraction of sp³-hybridized carbons (Fsp3) is 0.600. The van der Waals surface area contributed by atoms with Crippen LogP contribution in [0.2, 0.25) is 0 Å². The number of nitrogens with one attached hydrogen (secondary N) is 1. The molecule has 2 rings (SSSR count). The molecule has 0 saturated heterocycles. The van der Waals surface area contributed by atoms with Crippen LogP contribution in [0.3, 0.4) is 0 Å². The Bertz CT molecular complexity index is 577. The topological polar surface area (TPSA) is 49.4 Å². The number of amides is 2. The highest BCUT2D eigenvalue weighted by Crippen LogP contribution is 2.23. The van der Waals surface area contributed by atoms with Crippen LogP contribution in [-0.4, -0.2) is 35.8 Å². The van der Waals surface area contributed by atoms with Crippen molar-refractivity contribution in [3.63, 3.8) is 0 Å². The van der Waals surface area contributed by atoms with Gasteiger partial charge in [0.2, 0.25) is 5.91 Å². The Balaban J connectivity index is 2.09. The Labute approximate surface area is 145 Å². The fourth-order valence-corrected chi connectivity index (χ4v) is 3.43. The third-order valence-electron chi connectivity index (χ3n) is 5.08. The lowest BCUT2D eigenvalue weighted by Gasteiger charge is -2.35. The van der Waals surface area contributed by atoms with E-state index in [4.69, 9.17) is 0 Å². The predicted molar refractivity (Wildman–Crippen MR) is 96.9 cm³/mol. The Morgan fingerprint density at radius 3 is 2.33 bits per heavy atom. The lowest BCUT2D eigenvalue weighted by Crippen LogP contribution is -2.53. The van der Waals surface area contributed by atoms with Crippen LogP contribution >= 0.6 is 0 Å². The summed E-state index contributed by atoms with van der Waals surface area (Å²) in [7, 11) is 1.88. The monoisotopic (exact) mass is 330 g/mol. The smallest absolute Gasteiger partial charge is 0.252 e. The first kappa shape index (κ1) is 18.5. The lowest BCUT2D eigenvalue weighted by atomic mass is 9.93. The zero-order valence-corrected chi connectivity index (χ0v) is 15.3. The van der Waals surface area contributed by atoms with E-state index in [1.165, 1.54) is 19.3 Å². The minimum atomic E-state index is -0.482. The molecule has 4 nitrogen and oxygen atoms in total. The van der Waals surface area contributed by atoms with E-state index in [0.717, 1.165) is 18.4 Å². The summed E-state index contributed by atoms with van der Waals surface area (Å²) in [5, 5.41) is 2.96. The van der Waals surface area contributed by atoms with Gasteiger partial charge in [-0.15, -0.1) is 0 Å². The van der Waals surface area contributed by atoms with Gasteiger partial charge < -0.3 is 10.2 Å². The summed E-state index contributed by atoms with van der Waals surface area (Å²) in [6.45, 7) is 5.88. The molecule has 1 aromatic carbocycles. The van der Waals surface area contributed by atoms with E-state index < -0.39 is 6.04 Å². The van der Waals surface area contributed by atoms with E-state index in [9.17, 15) is 9.59 Å². The number of benzene rings is 1. The molecule has 4 heteroatoms. The van der Waals surface area contributed by atoms with E-state index >= 15 is 0 Å². The molecule has 0 aromatic heterocycles. The van der Waals surface area contributed by atoms with Gasteiger partial charge in [0.25, 0.3) is 5.91 Å². The predicted octanol–water partition coefficient (Wildman–Crippen LogP) is 3.54. The van der Waals surface area contributed by atoms with Gasteiger partial charge in [0.1, 0.15) is 6.04 Å². The molecule has 0 radical (unpaired) electrons. The van der Waals surface area contributed by atoms with E-state index in [-0.39, 0.29) is 17.7 Å². The normalized spacial score (nSPS) is 16.7. The second kappa shape index (κ2) is 8.32. The Hall–Kier alpha value is -1.84. The van der Waals surface area contributed by atoms with Crippen molar-refractivity contribution < 1.29 is 9.59 Å². The zero-order valence-electron chi connectivity index (χ0n) is 15.3. The average Bonchev–Trinajstić information content (AvgIpc) is 2.59. The van der Waals surface area contributed by atoms with Crippen molar-refractivity contribution in [3.05, 3.63) is 35.4 Å². The molecule has 0 spiro atoms. The Morgan fingerprint density at radius 2 is 1.75 bits per heavy atom. The van der Waals surface area contributed by atoms with Crippen LogP contribution in [-0.2, 0) is 4.79 Å². The van der Waals surface area contributed by atoms with E-state index in [1.54, 1.807) is 6.07 Å². The maximum Gasteiger partial charge on any atom is 0.252 e. The van der Waals surface area contributed by atoms with Crippen molar-refractivity contribution >= 4 is 11.8 Å². The second-order valence-electron chi connectivity index (χ2n) is 7.25. The number of hydrogen-bond donors (Lipinski definition) is 1. The molecule has 24 heavy (non-hydrogen) atoms. The first-order valence-corrected chi connectivity index (χ1v) is 9.05. The van der Waals surface area contributed by atoms with Crippen LogP contribution in [0.25, 0.3) is 0 Å². The van der Waals surface area contributed by atoms with E-state index in [0.29, 0.717) is 11.6 Å². The molecule has 0 aliphatic heterocycles. The Morgan fingerprint density at radius 1 is 1.12 bits per heavy atom. The molecule has 2 amide bonds.